The van der Waals surface area contributed by atoms with Gasteiger partial charge in [-0.25, -0.2) is 0 Å². The third-order valence-electron chi connectivity index (χ3n) is 4.23. The van der Waals surface area contributed by atoms with Crippen LogP contribution in [0.2, 0.25) is 0 Å². The number of nitrogens with zero attached hydrogens (tertiary/aromatic N) is 1. The Kier molecular flexibility index (Phi) is 6.36. The second kappa shape index (κ2) is 8.27. The quantitative estimate of drug-likeness (QED) is 0.831. The fourth-order valence-electron chi connectivity index (χ4n) is 2.89. The van der Waals surface area contributed by atoms with E-state index < -0.39 is 0 Å². The van der Waals surface area contributed by atoms with Gasteiger partial charge in [0.2, 0.25) is 5.91 Å². The highest BCUT2D eigenvalue weighted by Crippen LogP contribution is 2.16. The summed E-state index contributed by atoms with van der Waals surface area (Å²) in [5, 5.41) is 12.6. The summed E-state index contributed by atoms with van der Waals surface area (Å²) in [5.74, 6) is 0.0236. The number of ether oxygens (including phenoxy) is 1. The van der Waals surface area contributed by atoms with E-state index in [2.05, 4.69) is 17.1 Å². The van der Waals surface area contributed by atoms with Gasteiger partial charge in [-0.3, -0.25) is 9.69 Å². The van der Waals surface area contributed by atoms with E-state index in [-0.39, 0.29) is 18.1 Å². The molecule has 122 valence electrons. The molecule has 0 spiro atoms. The van der Waals surface area contributed by atoms with Crippen molar-refractivity contribution in [2.75, 3.05) is 20.2 Å². The highest BCUT2D eigenvalue weighted by molar-refractivity contribution is 5.78. The van der Waals surface area contributed by atoms with Gasteiger partial charge in [-0.1, -0.05) is 24.3 Å². The predicted octanol–water partition coefficient (Wildman–Crippen LogP) is 1.29. The smallest absolute Gasteiger partial charge is 0.234 e. The Morgan fingerprint density at radius 1 is 1.41 bits per heavy atom. The molecule has 0 bridgehead atoms. The summed E-state index contributed by atoms with van der Waals surface area (Å²) in [6.07, 6.45) is 1.26. The van der Waals surface area contributed by atoms with Gasteiger partial charge in [-0.2, -0.15) is 0 Å². The van der Waals surface area contributed by atoms with Crippen LogP contribution in [0.4, 0.5) is 0 Å². The summed E-state index contributed by atoms with van der Waals surface area (Å²) in [6, 6.07) is 8.21. The first kappa shape index (κ1) is 16.9. The Balaban J connectivity index is 1.83. The molecule has 1 aromatic rings. The molecule has 0 unspecified atom stereocenters. The minimum Gasteiger partial charge on any atom is -0.393 e. The van der Waals surface area contributed by atoms with Crippen LogP contribution in [0.25, 0.3) is 0 Å². The molecule has 1 heterocycles. The maximum Gasteiger partial charge on any atom is 0.234 e. The molecule has 5 nitrogen and oxygen atoms in total. The Morgan fingerprint density at radius 2 is 2.14 bits per heavy atom. The fourth-order valence-corrected chi connectivity index (χ4v) is 2.89. The van der Waals surface area contributed by atoms with Crippen molar-refractivity contribution in [2.45, 2.75) is 45.1 Å². The van der Waals surface area contributed by atoms with Crippen molar-refractivity contribution in [1.29, 1.82) is 0 Å². The van der Waals surface area contributed by atoms with Gasteiger partial charge < -0.3 is 15.2 Å². The van der Waals surface area contributed by atoms with E-state index in [0.717, 1.165) is 30.5 Å². The van der Waals surface area contributed by atoms with Crippen LogP contribution < -0.4 is 5.32 Å². The first-order valence-electron chi connectivity index (χ1n) is 7.84. The number of amides is 1. The summed E-state index contributed by atoms with van der Waals surface area (Å²) in [4.78, 5) is 14.3. The molecule has 5 heteroatoms. The van der Waals surface area contributed by atoms with Crippen molar-refractivity contribution in [1.82, 2.24) is 10.2 Å². The molecule has 2 rings (SSSR count). The SMILES string of the molecule is COCc1ccccc1CNC(=O)CN1CC[C@@H](O)C[C@@H]1C. The van der Waals surface area contributed by atoms with E-state index in [4.69, 9.17) is 4.74 Å². The van der Waals surface area contributed by atoms with Crippen molar-refractivity contribution >= 4 is 5.91 Å². The van der Waals surface area contributed by atoms with Gasteiger partial charge >= 0.3 is 0 Å². The van der Waals surface area contributed by atoms with Crippen LogP contribution >= 0.6 is 0 Å². The van der Waals surface area contributed by atoms with Crippen molar-refractivity contribution in [3.63, 3.8) is 0 Å². The number of likely N-dealkylation sites (tertiary alicyclic amines) is 1. The molecule has 1 amide bonds. The van der Waals surface area contributed by atoms with Gasteiger partial charge in [0, 0.05) is 26.2 Å². The molecular weight excluding hydrogens is 280 g/mol. The van der Waals surface area contributed by atoms with Crippen LogP contribution in [0, 0.1) is 0 Å². The number of hydrogen-bond donors (Lipinski definition) is 2. The standard InChI is InChI=1S/C17H26N2O3/c1-13-9-16(20)7-8-19(13)11-17(21)18-10-14-5-3-4-6-15(14)12-22-2/h3-6,13,16,20H,7-12H2,1-2H3,(H,18,21)/t13-,16+/m0/s1. The molecule has 0 radical (unpaired) electrons. The molecule has 22 heavy (non-hydrogen) atoms. The second-order valence-electron chi connectivity index (χ2n) is 5.98. The monoisotopic (exact) mass is 306 g/mol. The van der Waals surface area contributed by atoms with Crippen LogP contribution in [-0.2, 0) is 22.7 Å². The number of aliphatic hydroxyl groups excluding tert-OH is 1. The molecule has 1 aromatic carbocycles. The Hall–Kier alpha value is -1.43. The number of aliphatic hydroxyl groups is 1. The molecule has 0 aliphatic carbocycles. The maximum absolute atomic E-state index is 12.1. The first-order valence-corrected chi connectivity index (χ1v) is 7.84. The molecule has 2 N–H and O–H groups in total. The zero-order chi connectivity index (χ0) is 15.9. The summed E-state index contributed by atoms with van der Waals surface area (Å²) in [7, 11) is 1.67. The molecule has 1 aliphatic heterocycles. The van der Waals surface area contributed by atoms with Gasteiger partial charge in [-0.15, -0.1) is 0 Å². The van der Waals surface area contributed by atoms with Gasteiger partial charge in [0.15, 0.2) is 0 Å². The molecule has 0 saturated carbocycles. The van der Waals surface area contributed by atoms with Crippen molar-refractivity contribution in [3.05, 3.63) is 35.4 Å². The fraction of sp³-hybridized carbons (Fsp3) is 0.588. The molecule has 1 aliphatic rings. The van der Waals surface area contributed by atoms with E-state index in [1.54, 1.807) is 7.11 Å². The minimum absolute atomic E-state index is 0.0236. The second-order valence-corrected chi connectivity index (χ2v) is 5.98. The van der Waals surface area contributed by atoms with Crippen LogP contribution in [0.3, 0.4) is 0 Å². The third-order valence-corrected chi connectivity index (χ3v) is 4.23. The Morgan fingerprint density at radius 3 is 2.82 bits per heavy atom. The third kappa shape index (κ3) is 4.80. The Bertz CT molecular complexity index is 493. The van der Waals surface area contributed by atoms with Crippen molar-refractivity contribution < 1.29 is 14.6 Å². The van der Waals surface area contributed by atoms with Gasteiger partial charge in [0.25, 0.3) is 0 Å². The molecule has 0 aromatic heterocycles. The lowest BCUT2D eigenvalue weighted by atomic mass is 10.0. The van der Waals surface area contributed by atoms with E-state index in [1.807, 2.05) is 24.3 Å². The van der Waals surface area contributed by atoms with Crippen LogP contribution in [0.5, 0.6) is 0 Å². The van der Waals surface area contributed by atoms with E-state index in [1.165, 1.54) is 0 Å². The summed E-state index contributed by atoms with van der Waals surface area (Å²) in [6.45, 7) is 4.29. The zero-order valence-corrected chi connectivity index (χ0v) is 13.4. The number of hydrogen-bond acceptors (Lipinski definition) is 4. The lowest BCUT2D eigenvalue weighted by Crippen LogP contribution is -2.47. The van der Waals surface area contributed by atoms with Crippen LogP contribution in [-0.4, -0.2) is 48.3 Å². The first-order chi connectivity index (χ1) is 10.6. The van der Waals surface area contributed by atoms with Crippen LogP contribution in [0.15, 0.2) is 24.3 Å². The van der Waals surface area contributed by atoms with Gasteiger partial charge in [-0.05, 0) is 30.9 Å². The van der Waals surface area contributed by atoms with Gasteiger partial charge in [0.1, 0.15) is 0 Å². The number of rotatable bonds is 6. The number of piperidine rings is 1. The van der Waals surface area contributed by atoms with E-state index in [9.17, 15) is 9.90 Å². The van der Waals surface area contributed by atoms with Crippen molar-refractivity contribution in [3.8, 4) is 0 Å². The molecular formula is C17H26N2O3. The highest BCUT2D eigenvalue weighted by atomic mass is 16.5. The van der Waals surface area contributed by atoms with E-state index >= 15 is 0 Å². The number of carbonyl (C=O) groups excluding carboxylic acids is 1. The molecule has 1 saturated heterocycles. The zero-order valence-electron chi connectivity index (χ0n) is 13.4. The average Bonchev–Trinajstić information content (AvgIpc) is 2.49. The Labute approximate surface area is 132 Å². The van der Waals surface area contributed by atoms with E-state index in [0.29, 0.717) is 19.7 Å². The van der Waals surface area contributed by atoms with Crippen LogP contribution in [0.1, 0.15) is 30.9 Å². The highest BCUT2D eigenvalue weighted by Gasteiger charge is 2.25. The minimum atomic E-state index is -0.227. The lowest BCUT2D eigenvalue weighted by molar-refractivity contribution is -0.123. The molecule has 1 fully saturated rings. The normalized spacial score (nSPS) is 22.5. The summed E-state index contributed by atoms with van der Waals surface area (Å²) in [5.41, 5.74) is 2.18. The number of carbonyl (C=O) groups is 1. The summed E-state index contributed by atoms with van der Waals surface area (Å²) >= 11 is 0. The number of nitrogens with one attached hydrogen (secondary N) is 1. The molecule has 2 atom stereocenters. The maximum atomic E-state index is 12.1. The lowest BCUT2D eigenvalue weighted by Gasteiger charge is -2.35. The number of benzene rings is 1. The van der Waals surface area contributed by atoms with Crippen molar-refractivity contribution in [2.24, 2.45) is 0 Å². The van der Waals surface area contributed by atoms with Gasteiger partial charge in [0.05, 0.1) is 19.3 Å². The summed E-state index contributed by atoms with van der Waals surface area (Å²) < 4.78 is 5.18. The largest absolute Gasteiger partial charge is 0.393 e. The average molecular weight is 306 g/mol. The predicted molar refractivity (Wildman–Crippen MR) is 85.3 cm³/mol. The topological polar surface area (TPSA) is 61.8 Å². The number of methoxy groups -OCH3 is 1.